The van der Waals surface area contributed by atoms with Crippen LogP contribution in [0.15, 0.2) is 42.7 Å². The van der Waals surface area contributed by atoms with E-state index in [1.54, 1.807) is 0 Å². The number of fused-ring (bicyclic) bond motifs is 1. The monoisotopic (exact) mass is 336 g/mol. The number of hydrogen-bond donors (Lipinski definition) is 1. The van der Waals surface area contributed by atoms with Gasteiger partial charge in [0.25, 0.3) is 0 Å². The Morgan fingerprint density at radius 2 is 2.12 bits per heavy atom. The lowest BCUT2D eigenvalue weighted by Crippen LogP contribution is -2.30. The Morgan fingerprint density at radius 1 is 1.28 bits per heavy atom. The van der Waals surface area contributed by atoms with Crippen LogP contribution in [-0.4, -0.2) is 24.5 Å². The minimum Gasteiger partial charge on any atom is -0.301 e. The molecule has 3 aromatic rings. The van der Waals surface area contributed by atoms with E-state index < -0.39 is 0 Å². The molecular weight excluding hydrogens is 312 g/mol. The number of nitrogens with zero attached hydrogens (tertiary/aromatic N) is 5. The third kappa shape index (κ3) is 3.49. The molecule has 0 fully saturated rings. The number of aryl methyl sites for hydroxylation is 2. The van der Waals surface area contributed by atoms with Gasteiger partial charge in [-0.15, -0.1) is 0 Å². The predicted octanol–water partition coefficient (Wildman–Crippen LogP) is 3.02. The summed E-state index contributed by atoms with van der Waals surface area (Å²) in [4.78, 5) is 4.61. The molecule has 0 aliphatic carbocycles. The lowest BCUT2D eigenvalue weighted by Gasteiger charge is -2.26. The number of hydrogen-bond acceptors (Lipinski definition) is 4. The Balaban J connectivity index is 1.44. The summed E-state index contributed by atoms with van der Waals surface area (Å²) in [6.45, 7) is 5.91. The molecule has 1 aromatic carbocycles. The highest BCUT2D eigenvalue weighted by Crippen LogP contribution is 2.26. The van der Waals surface area contributed by atoms with E-state index in [0.717, 1.165) is 37.6 Å². The molecule has 130 valence electrons. The topological polar surface area (TPSA) is 60.6 Å². The average molecular weight is 336 g/mol. The second-order valence-electron chi connectivity index (χ2n) is 6.78. The standard InChI is InChI=1S/C19H24N6/c1-14(21-18-9-6-10-25-19(18)22-15(2)23-25)17-11-20-24(13-17)12-16-7-4-3-5-8-16/h3-5,7-8,11,13-14,18,21H,6,9-10,12H2,1-2H3. The van der Waals surface area contributed by atoms with Crippen LogP contribution in [0.5, 0.6) is 0 Å². The van der Waals surface area contributed by atoms with Crippen LogP contribution in [0.2, 0.25) is 0 Å². The third-order valence-corrected chi connectivity index (χ3v) is 4.77. The molecule has 1 aliphatic heterocycles. The summed E-state index contributed by atoms with van der Waals surface area (Å²) < 4.78 is 4.04. The van der Waals surface area contributed by atoms with Gasteiger partial charge in [-0.3, -0.25) is 4.68 Å². The summed E-state index contributed by atoms with van der Waals surface area (Å²) in [5, 5.41) is 12.7. The van der Waals surface area contributed by atoms with Crippen molar-refractivity contribution < 1.29 is 0 Å². The molecule has 0 radical (unpaired) electrons. The van der Waals surface area contributed by atoms with E-state index in [1.165, 1.54) is 11.1 Å². The van der Waals surface area contributed by atoms with Gasteiger partial charge in [0.05, 0.1) is 18.8 Å². The summed E-state index contributed by atoms with van der Waals surface area (Å²) in [7, 11) is 0. The van der Waals surface area contributed by atoms with Gasteiger partial charge in [-0.05, 0) is 32.3 Å². The molecule has 0 bridgehead atoms. The Hall–Kier alpha value is -2.47. The highest BCUT2D eigenvalue weighted by Gasteiger charge is 2.25. The Bertz CT molecular complexity index is 835. The van der Waals surface area contributed by atoms with Gasteiger partial charge in [-0.1, -0.05) is 30.3 Å². The Kier molecular flexibility index (Phi) is 4.36. The molecule has 4 rings (SSSR count). The van der Waals surface area contributed by atoms with E-state index in [4.69, 9.17) is 0 Å². The zero-order chi connectivity index (χ0) is 17.2. The van der Waals surface area contributed by atoms with Crippen molar-refractivity contribution in [2.24, 2.45) is 0 Å². The van der Waals surface area contributed by atoms with Gasteiger partial charge in [0.2, 0.25) is 0 Å². The van der Waals surface area contributed by atoms with E-state index in [2.05, 4.69) is 57.9 Å². The SMILES string of the molecule is Cc1nc2n(n1)CCCC2NC(C)c1cnn(Cc2ccccc2)c1. The third-order valence-electron chi connectivity index (χ3n) is 4.77. The minimum atomic E-state index is 0.220. The van der Waals surface area contributed by atoms with Crippen molar-refractivity contribution in [3.63, 3.8) is 0 Å². The first-order valence-electron chi connectivity index (χ1n) is 8.93. The van der Waals surface area contributed by atoms with Crippen molar-refractivity contribution in [3.05, 3.63) is 65.5 Å². The van der Waals surface area contributed by atoms with E-state index in [9.17, 15) is 0 Å². The maximum atomic E-state index is 4.61. The van der Waals surface area contributed by atoms with Gasteiger partial charge >= 0.3 is 0 Å². The number of benzene rings is 1. The van der Waals surface area contributed by atoms with Gasteiger partial charge in [0.1, 0.15) is 11.6 Å². The van der Waals surface area contributed by atoms with E-state index >= 15 is 0 Å². The van der Waals surface area contributed by atoms with Crippen LogP contribution in [0, 0.1) is 6.92 Å². The van der Waals surface area contributed by atoms with Crippen LogP contribution < -0.4 is 5.32 Å². The van der Waals surface area contributed by atoms with Crippen LogP contribution in [0.4, 0.5) is 0 Å². The molecular formula is C19H24N6. The normalized spacial score (nSPS) is 18.1. The van der Waals surface area contributed by atoms with E-state index in [-0.39, 0.29) is 12.1 Å². The van der Waals surface area contributed by atoms with Crippen LogP contribution in [0.1, 0.15) is 54.6 Å². The molecule has 2 unspecified atom stereocenters. The van der Waals surface area contributed by atoms with Gasteiger partial charge in [0, 0.05) is 24.3 Å². The first-order valence-corrected chi connectivity index (χ1v) is 8.93. The fraction of sp³-hybridized carbons (Fsp3) is 0.421. The lowest BCUT2D eigenvalue weighted by molar-refractivity contribution is 0.344. The average Bonchev–Trinajstić information content (AvgIpc) is 3.22. The number of rotatable bonds is 5. The molecule has 2 aromatic heterocycles. The van der Waals surface area contributed by atoms with Gasteiger partial charge in [0.15, 0.2) is 0 Å². The second kappa shape index (κ2) is 6.80. The molecule has 0 amide bonds. The van der Waals surface area contributed by atoms with Crippen LogP contribution in [-0.2, 0) is 13.1 Å². The molecule has 2 atom stereocenters. The van der Waals surface area contributed by atoms with Crippen molar-refractivity contribution in [3.8, 4) is 0 Å². The Morgan fingerprint density at radius 3 is 2.96 bits per heavy atom. The highest BCUT2D eigenvalue weighted by molar-refractivity contribution is 5.17. The zero-order valence-corrected chi connectivity index (χ0v) is 14.8. The van der Waals surface area contributed by atoms with Crippen LogP contribution in [0.25, 0.3) is 0 Å². The fourth-order valence-electron chi connectivity index (χ4n) is 3.48. The Labute approximate surface area is 147 Å². The summed E-state index contributed by atoms with van der Waals surface area (Å²) in [5.41, 5.74) is 2.46. The van der Waals surface area contributed by atoms with Crippen molar-refractivity contribution in [1.82, 2.24) is 29.9 Å². The van der Waals surface area contributed by atoms with Crippen molar-refractivity contribution in [2.75, 3.05) is 0 Å². The fourth-order valence-corrected chi connectivity index (χ4v) is 3.48. The minimum absolute atomic E-state index is 0.220. The molecule has 0 saturated heterocycles. The van der Waals surface area contributed by atoms with E-state index in [0.29, 0.717) is 0 Å². The van der Waals surface area contributed by atoms with E-state index in [1.807, 2.05) is 28.6 Å². The first-order chi connectivity index (χ1) is 12.2. The predicted molar refractivity (Wildman–Crippen MR) is 96.1 cm³/mol. The maximum Gasteiger partial charge on any atom is 0.147 e. The molecule has 0 spiro atoms. The zero-order valence-electron chi connectivity index (χ0n) is 14.8. The van der Waals surface area contributed by atoms with Gasteiger partial charge in [-0.2, -0.15) is 10.2 Å². The molecule has 6 nitrogen and oxygen atoms in total. The molecule has 3 heterocycles. The molecule has 6 heteroatoms. The van der Waals surface area contributed by atoms with Crippen LogP contribution in [0.3, 0.4) is 0 Å². The van der Waals surface area contributed by atoms with Gasteiger partial charge in [-0.25, -0.2) is 9.67 Å². The quantitative estimate of drug-likeness (QED) is 0.778. The van der Waals surface area contributed by atoms with Crippen molar-refractivity contribution >= 4 is 0 Å². The van der Waals surface area contributed by atoms with Crippen molar-refractivity contribution in [2.45, 2.75) is 51.9 Å². The lowest BCUT2D eigenvalue weighted by atomic mass is 10.0. The molecule has 1 N–H and O–H groups in total. The van der Waals surface area contributed by atoms with Crippen molar-refractivity contribution in [1.29, 1.82) is 0 Å². The van der Waals surface area contributed by atoms with Gasteiger partial charge < -0.3 is 5.32 Å². The molecule has 25 heavy (non-hydrogen) atoms. The maximum absolute atomic E-state index is 4.61. The summed E-state index contributed by atoms with van der Waals surface area (Å²) in [6, 6.07) is 10.9. The highest BCUT2D eigenvalue weighted by atomic mass is 15.4. The second-order valence-corrected chi connectivity index (χ2v) is 6.78. The summed E-state index contributed by atoms with van der Waals surface area (Å²) >= 11 is 0. The summed E-state index contributed by atoms with van der Waals surface area (Å²) in [6.07, 6.45) is 6.32. The smallest absolute Gasteiger partial charge is 0.147 e. The number of nitrogens with one attached hydrogen (secondary N) is 1. The summed E-state index contributed by atoms with van der Waals surface area (Å²) in [5.74, 6) is 1.92. The number of aromatic nitrogens is 5. The molecule has 1 aliphatic rings. The van der Waals surface area contributed by atoms with Crippen LogP contribution >= 0.6 is 0 Å². The largest absolute Gasteiger partial charge is 0.301 e. The first kappa shape index (κ1) is 16.0. The molecule has 0 saturated carbocycles.